The second-order valence-electron chi connectivity index (χ2n) is 3.28. The average Bonchev–Trinajstić information content (AvgIpc) is 2.81. The maximum Gasteiger partial charge on any atom is 0.324 e. The fourth-order valence-electron chi connectivity index (χ4n) is 1.35. The number of nitrogens with zero attached hydrogens (tertiary/aromatic N) is 3. The molecule has 0 amide bonds. The molecule has 7 nitrogen and oxygen atoms in total. The molecule has 1 aliphatic heterocycles. The molecule has 1 atom stereocenters. The lowest BCUT2D eigenvalue weighted by Gasteiger charge is -2.10. The monoisotopic (exact) mass is 226 g/mol. The van der Waals surface area contributed by atoms with E-state index in [4.69, 9.17) is 14.2 Å². The van der Waals surface area contributed by atoms with Crippen LogP contribution in [0.3, 0.4) is 0 Å². The standard InChI is InChI=1S/C9H14N4O3/c1-10-7-11-8(14-2)13-9(12-7)16-6-3-4-15-5-6/h6H,3-5H2,1-2H3,(H,10,11,12,13). The van der Waals surface area contributed by atoms with Crippen LogP contribution in [0, 0.1) is 0 Å². The Morgan fingerprint density at radius 1 is 1.31 bits per heavy atom. The minimum Gasteiger partial charge on any atom is -0.467 e. The van der Waals surface area contributed by atoms with Crippen LogP contribution in [0.25, 0.3) is 0 Å². The highest BCUT2D eigenvalue weighted by Crippen LogP contribution is 2.16. The van der Waals surface area contributed by atoms with Crippen LogP contribution in [0.5, 0.6) is 12.0 Å². The molecular formula is C9H14N4O3. The minimum atomic E-state index is 0.0109. The number of hydrogen-bond donors (Lipinski definition) is 1. The molecule has 0 bridgehead atoms. The van der Waals surface area contributed by atoms with Gasteiger partial charge in [0.1, 0.15) is 6.10 Å². The Kier molecular flexibility index (Phi) is 3.35. The molecule has 0 spiro atoms. The van der Waals surface area contributed by atoms with E-state index in [1.54, 1.807) is 7.05 Å². The lowest BCUT2D eigenvalue weighted by molar-refractivity contribution is 0.133. The second-order valence-corrected chi connectivity index (χ2v) is 3.28. The minimum absolute atomic E-state index is 0.0109. The molecule has 1 N–H and O–H groups in total. The summed E-state index contributed by atoms with van der Waals surface area (Å²) in [6, 6.07) is 0.486. The molecule has 0 aliphatic carbocycles. The number of rotatable bonds is 4. The Labute approximate surface area is 93.2 Å². The van der Waals surface area contributed by atoms with Gasteiger partial charge in [-0.05, 0) is 0 Å². The lowest BCUT2D eigenvalue weighted by Crippen LogP contribution is -2.18. The average molecular weight is 226 g/mol. The van der Waals surface area contributed by atoms with Crippen molar-refractivity contribution >= 4 is 5.95 Å². The predicted octanol–water partition coefficient (Wildman–Crippen LogP) is 0.0896. The van der Waals surface area contributed by atoms with Crippen molar-refractivity contribution < 1.29 is 14.2 Å². The van der Waals surface area contributed by atoms with E-state index < -0.39 is 0 Å². The molecular weight excluding hydrogens is 212 g/mol. The van der Waals surface area contributed by atoms with Crippen molar-refractivity contribution in [3.05, 3.63) is 0 Å². The van der Waals surface area contributed by atoms with Crippen LogP contribution < -0.4 is 14.8 Å². The topological polar surface area (TPSA) is 78.4 Å². The van der Waals surface area contributed by atoms with Crippen LogP contribution in [0.1, 0.15) is 6.42 Å². The molecule has 7 heteroatoms. The SMILES string of the molecule is CNc1nc(OC)nc(OC2CCOC2)n1. The first-order valence-corrected chi connectivity index (χ1v) is 5.04. The molecule has 88 valence electrons. The summed E-state index contributed by atoms with van der Waals surface area (Å²) in [6.07, 6.45) is 0.861. The van der Waals surface area contributed by atoms with Gasteiger partial charge >= 0.3 is 12.0 Å². The van der Waals surface area contributed by atoms with Crippen LogP contribution >= 0.6 is 0 Å². The van der Waals surface area contributed by atoms with E-state index in [-0.39, 0.29) is 18.1 Å². The number of nitrogens with one attached hydrogen (secondary N) is 1. The van der Waals surface area contributed by atoms with E-state index in [0.29, 0.717) is 19.2 Å². The van der Waals surface area contributed by atoms with Crippen LogP contribution in [0.15, 0.2) is 0 Å². The zero-order valence-corrected chi connectivity index (χ0v) is 9.27. The van der Waals surface area contributed by atoms with Crippen molar-refractivity contribution in [2.24, 2.45) is 0 Å². The molecule has 1 aliphatic rings. The van der Waals surface area contributed by atoms with E-state index in [9.17, 15) is 0 Å². The lowest BCUT2D eigenvalue weighted by atomic mass is 10.3. The summed E-state index contributed by atoms with van der Waals surface area (Å²) in [4.78, 5) is 12.1. The van der Waals surface area contributed by atoms with Crippen molar-refractivity contribution in [2.45, 2.75) is 12.5 Å². The summed E-state index contributed by atoms with van der Waals surface area (Å²) in [5.41, 5.74) is 0. The van der Waals surface area contributed by atoms with Gasteiger partial charge in [-0.3, -0.25) is 0 Å². The second kappa shape index (κ2) is 4.93. The zero-order chi connectivity index (χ0) is 11.4. The third-order valence-electron chi connectivity index (χ3n) is 2.16. The van der Waals surface area contributed by atoms with Crippen molar-refractivity contribution in [3.63, 3.8) is 0 Å². The van der Waals surface area contributed by atoms with Gasteiger partial charge in [-0.15, -0.1) is 4.98 Å². The highest BCUT2D eigenvalue weighted by molar-refractivity contribution is 5.26. The summed E-state index contributed by atoms with van der Waals surface area (Å²) in [6.45, 7) is 1.29. The van der Waals surface area contributed by atoms with E-state index in [1.165, 1.54) is 7.11 Å². The van der Waals surface area contributed by atoms with Crippen molar-refractivity contribution in [1.82, 2.24) is 15.0 Å². The van der Waals surface area contributed by atoms with Gasteiger partial charge in [0.25, 0.3) is 0 Å². The van der Waals surface area contributed by atoms with Crippen molar-refractivity contribution in [1.29, 1.82) is 0 Å². The maximum absolute atomic E-state index is 5.55. The molecule has 1 fully saturated rings. The number of hydrogen-bond acceptors (Lipinski definition) is 7. The summed E-state index contributed by atoms with van der Waals surface area (Å²) in [5, 5.41) is 2.81. The van der Waals surface area contributed by atoms with Gasteiger partial charge in [-0.1, -0.05) is 0 Å². The summed E-state index contributed by atoms with van der Waals surface area (Å²) >= 11 is 0. The Morgan fingerprint density at radius 3 is 2.75 bits per heavy atom. The molecule has 1 aromatic rings. The molecule has 1 unspecified atom stereocenters. The largest absolute Gasteiger partial charge is 0.467 e. The first kappa shape index (κ1) is 10.9. The Morgan fingerprint density at radius 2 is 2.12 bits per heavy atom. The first-order chi connectivity index (χ1) is 7.81. The molecule has 0 radical (unpaired) electrons. The molecule has 0 aromatic carbocycles. The van der Waals surface area contributed by atoms with Crippen molar-refractivity contribution in [3.8, 4) is 12.0 Å². The smallest absolute Gasteiger partial charge is 0.324 e. The van der Waals surface area contributed by atoms with Crippen LogP contribution in [-0.2, 0) is 4.74 Å². The Balaban J connectivity index is 2.12. The van der Waals surface area contributed by atoms with E-state index in [2.05, 4.69) is 20.3 Å². The third kappa shape index (κ3) is 2.48. The highest BCUT2D eigenvalue weighted by atomic mass is 16.6. The molecule has 16 heavy (non-hydrogen) atoms. The summed E-state index contributed by atoms with van der Waals surface area (Å²) < 4.78 is 15.7. The quantitative estimate of drug-likeness (QED) is 0.779. The zero-order valence-electron chi connectivity index (χ0n) is 9.27. The Hall–Kier alpha value is -1.63. The molecule has 1 saturated heterocycles. The van der Waals surface area contributed by atoms with Crippen molar-refractivity contribution in [2.75, 3.05) is 32.7 Å². The maximum atomic E-state index is 5.55. The first-order valence-electron chi connectivity index (χ1n) is 5.04. The summed E-state index contributed by atoms with van der Waals surface area (Å²) in [7, 11) is 3.22. The fraction of sp³-hybridized carbons (Fsp3) is 0.667. The summed E-state index contributed by atoms with van der Waals surface area (Å²) in [5.74, 6) is 0.417. The molecule has 1 aromatic heterocycles. The third-order valence-corrected chi connectivity index (χ3v) is 2.16. The van der Waals surface area contributed by atoms with E-state index in [1.807, 2.05) is 0 Å². The van der Waals surface area contributed by atoms with Gasteiger partial charge < -0.3 is 19.5 Å². The van der Waals surface area contributed by atoms with Gasteiger partial charge in [0, 0.05) is 13.5 Å². The molecule has 2 heterocycles. The fourth-order valence-corrected chi connectivity index (χ4v) is 1.35. The van der Waals surface area contributed by atoms with Gasteiger partial charge in [-0.25, -0.2) is 0 Å². The molecule has 2 rings (SSSR count). The van der Waals surface area contributed by atoms with Gasteiger partial charge in [0.05, 0.1) is 20.3 Å². The number of aromatic nitrogens is 3. The van der Waals surface area contributed by atoms with Crippen LogP contribution in [-0.4, -0.2) is 48.4 Å². The van der Waals surface area contributed by atoms with E-state index in [0.717, 1.165) is 6.42 Å². The predicted molar refractivity (Wildman–Crippen MR) is 55.8 cm³/mol. The van der Waals surface area contributed by atoms with Gasteiger partial charge in [0.15, 0.2) is 0 Å². The van der Waals surface area contributed by atoms with E-state index >= 15 is 0 Å². The van der Waals surface area contributed by atoms with Gasteiger partial charge in [0.2, 0.25) is 5.95 Å². The normalized spacial score (nSPS) is 19.5. The Bertz CT molecular complexity index is 332. The number of ether oxygens (including phenoxy) is 3. The van der Waals surface area contributed by atoms with Gasteiger partial charge in [-0.2, -0.15) is 9.97 Å². The van der Waals surface area contributed by atoms with Crippen LogP contribution in [0.4, 0.5) is 5.95 Å². The number of methoxy groups -OCH3 is 1. The highest BCUT2D eigenvalue weighted by Gasteiger charge is 2.19. The van der Waals surface area contributed by atoms with Crippen LogP contribution in [0.2, 0.25) is 0 Å². The number of anilines is 1. The molecule has 0 saturated carbocycles.